The summed E-state index contributed by atoms with van der Waals surface area (Å²) in [5, 5.41) is 6.02. The molecule has 0 unspecified atom stereocenters. The molecule has 0 radical (unpaired) electrons. The Morgan fingerprint density at radius 1 is 1.27 bits per heavy atom. The summed E-state index contributed by atoms with van der Waals surface area (Å²) in [5.74, 6) is -1.12. The van der Waals surface area contributed by atoms with Crippen LogP contribution in [0.1, 0.15) is 57.2 Å². The zero-order valence-corrected chi connectivity index (χ0v) is 18.7. The molecule has 0 fully saturated rings. The van der Waals surface area contributed by atoms with E-state index >= 15 is 0 Å². The molecular formula is C23H23ClFN5O3. The fraction of sp³-hybridized carbons (Fsp3) is 0.304. The Labute approximate surface area is 195 Å². The van der Waals surface area contributed by atoms with Crippen molar-refractivity contribution < 1.29 is 18.7 Å². The van der Waals surface area contributed by atoms with Gasteiger partial charge >= 0.3 is 0 Å². The molecule has 2 aromatic heterocycles. The van der Waals surface area contributed by atoms with Crippen molar-refractivity contribution in [2.45, 2.75) is 39.1 Å². The first-order chi connectivity index (χ1) is 16.0. The van der Waals surface area contributed by atoms with Crippen LogP contribution in [-0.2, 0) is 24.4 Å². The van der Waals surface area contributed by atoms with Gasteiger partial charge in [-0.15, -0.1) is 0 Å². The summed E-state index contributed by atoms with van der Waals surface area (Å²) < 4.78 is 20.8. The van der Waals surface area contributed by atoms with Gasteiger partial charge in [0.15, 0.2) is 0 Å². The Morgan fingerprint density at radius 3 is 2.85 bits per heavy atom. The minimum absolute atomic E-state index is 0.214. The first-order valence-corrected chi connectivity index (χ1v) is 10.9. The standard InChI is InChI=1S/C23H23ClFN5O3/c1-2-19(16-4-3-14(25)9-18(16)24)29-22(31)17-10-20(30-7-8-33-13-21(17)30)23(32)28-12-15-11-26-5-6-27-15/h3-6,9-11,19H,2,7-8,12-13H2,1H3,(H,28,32)(H,29,31)/t19-/m1/s1. The van der Waals surface area contributed by atoms with Gasteiger partial charge in [-0.25, -0.2) is 4.39 Å². The van der Waals surface area contributed by atoms with Crippen molar-refractivity contribution in [2.24, 2.45) is 0 Å². The van der Waals surface area contributed by atoms with Crippen LogP contribution in [0.25, 0.3) is 0 Å². The normalized spacial score (nSPS) is 13.8. The number of halogens is 2. The molecule has 1 aromatic carbocycles. The maximum atomic E-state index is 13.4. The smallest absolute Gasteiger partial charge is 0.268 e. The Kier molecular flexibility index (Phi) is 7.00. The van der Waals surface area contributed by atoms with Crippen LogP contribution in [0.15, 0.2) is 42.9 Å². The lowest BCUT2D eigenvalue weighted by Gasteiger charge is -2.21. The lowest BCUT2D eigenvalue weighted by molar-refractivity contribution is 0.0776. The number of ether oxygens (including phenoxy) is 1. The number of rotatable bonds is 7. The van der Waals surface area contributed by atoms with Gasteiger partial charge in [0.25, 0.3) is 11.8 Å². The van der Waals surface area contributed by atoms with E-state index in [0.717, 1.165) is 0 Å². The van der Waals surface area contributed by atoms with Gasteiger partial charge in [-0.3, -0.25) is 19.6 Å². The van der Waals surface area contributed by atoms with E-state index < -0.39 is 11.9 Å². The highest BCUT2D eigenvalue weighted by Gasteiger charge is 2.27. The second-order valence-electron chi connectivity index (χ2n) is 7.57. The Hall–Kier alpha value is -3.30. The van der Waals surface area contributed by atoms with Crippen LogP contribution in [0.5, 0.6) is 0 Å². The van der Waals surface area contributed by atoms with Gasteiger partial charge < -0.3 is 19.9 Å². The van der Waals surface area contributed by atoms with E-state index in [2.05, 4.69) is 20.6 Å². The fourth-order valence-electron chi connectivity index (χ4n) is 3.81. The van der Waals surface area contributed by atoms with Crippen molar-refractivity contribution in [3.8, 4) is 0 Å². The van der Waals surface area contributed by atoms with Crippen molar-refractivity contribution in [2.75, 3.05) is 6.61 Å². The van der Waals surface area contributed by atoms with E-state index in [9.17, 15) is 14.0 Å². The molecule has 2 amide bonds. The number of fused-ring (bicyclic) bond motifs is 1. The highest BCUT2D eigenvalue weighted by molar-refractivity contribution is 6.31. The highest BCUT2D eigenvalue weighted by atomic mass is 35.5. The average Bonchev–Trinajstić information content (AvgIpc) is 3.22. The van der Waals surface area contributed by atoms with Crippen LogP contribution in [0, 0.1) is 5.82 Å². The third-order valence-electron chi connectivity index (χ3n) is 5.48. The molecule has 10 heteroatoms. The number of hydrogen-bond acceptors (Lipinski definition) is 5. The summed E-state index contributed by atoms with van der Waals surface area (Å²) in [4.78, 5) is 34.2. The summed E-state index contributed by atoms with van der Waals surface area (Å²) in [7, 11) is 0. The number of hydrogen-bond donors (Lipinski definition) is 2. The second kappa shape index (κ2) is 10.1. The lowest BCUT2D eigenvalue weighted by atomic mass is 10.0. The fourth-order valence-corrected chi connectivity index (χ4v) is 4.11. The van der Waals surface area contributed by atoms with Crippen LogP contribution in [0.3, 0.4) is 0 Å². The van der Waals surface area contributed by atoms with E-state index in [-0.39, 0.29) is 30.0 Å². The van der Waals surface area contributed by atoms with Crippen molar-refractivity contribution in [1.82, 2.24) is 25.2 Å². The topological polar surface area (TPSA) is 98.1 Å². The van der Waals surface area contributed by atoms with E-state index in [4.69, 9.17) is 16.3 Å². The van der Waals surface area contributed by atoms with Gasteiger partial charge in [0.1, 0.15) is 11.5 Å². The largest absolute Gasteiger partial charge is 0.373 e. The van der Waals surface area contributed by atoms with E-state index in [1.807, 2.05) is 6.92 Å². The number of benzene rings is 1. The minimum Gasteiger partial charge on any atom is -0.373 e. The van der Waals surface area contributed by atoms with Gasteiger partial charge in [0, 0.05) is 24.0 Å². The summed E-state index contributed by atoms with van der Waals surface area (Å²) >= 11 is 6.20. The first kappa shape index (κ1) is 22.9. The zero-order valence-electron chi connectivity index (χ0n) is 18.0. The van der Waals surface area contributed by atoms with Crippen LogP contribution < -0.4 is 10.6 Å². The summed E-state index contributed by atoms with van der Waals surface area (Å²) in [5.41, 5.74) is 2.61. The number of amides is 2. The summed E-state index contributed by atoms with van der Waals surface area (Å²) in [6.45, 7) is 3.22. The molecular weight excluding hydrogens is 449 g/mol. The number of nitrogens with one attached hydrogen (secondary N) is 2. The van der Waals surface area contributed by atoms with Crippen LogP contribution in [0.2, 0.25) is 5.02 Å². The molecule has 0 saturated heterocycles. The molecule has 3 aromatic rings. The Balaban J connectivity index is 1.56. The highest BCUT2D eigenvalue weighted by Crippen LogP contribution is 2.27. The zero-order chi connectivity index (χ0) is 23.4. The molecule has 1 aliphatic heterocycles. The molecule has 4 rings (SSSR count). The van der Waals surface area contributed by atoms with Crippen LogP contribution >= 0.6 is 11.6 Å². The summed E-state index contributed by atoms with van der Waals surface area (Å²) in [6, 6.07) is 5.25. The number of aromatic nitrogens is 3. The molecule has 0 bridgehead atoms. The van der Waals surface area contributed by atoms with Gasteiger partial charge in [-0.1, -0.05) is 24.6 Å². The van der Waals surface area contributed by atoms with Gasteiger partial charge in [-0.2, -0.15) is 0 Å². The maximum Gasteiger partial charge on any atom is 0.268 e. The SMILES string of the molecule is CC[C@@H](NC(=O)c1cc(C(=O)NCc2cnccn2)n2c1COCC2)c1ccc(F)cc1Cl. The molecule has 0 aliphatic carbocycles. The molecule has 0 spiro atoms. The first-order valence-electron chi connectivity index (χ1n) is 10.6. The predicted molar refractivity (Wildman–Crippen MR) is 119 cm³/mol. The van der Waals surface area contributed by atoms with Crippen molar-refractivity contribution >= 4 is 23.4 Å². The molecule has 1 aliphatic rings. The molecule has 2 N–H and O–H groups in total. The van der Waals surface area contributed by atoms with Crippen molar-refractivity contribution in [3.63, 3.8) is 0 Å². The number of carbonyl (C=O) groups is 2. The molecule has 8 nitrogen and oxygen atoms in total. The van der Waals surface area contributed by atoms with E-state index in [1.165, 1.54) is 12.1 Å². The predicted octanol–water partition coefficient (Wildman–Crippen LogP) is 3.41. The monoisotopic (exact) mass is 471 g/mol. The van der Waals surface area contributed by atoms with E-state index in [1.54, 1.807) is 35.3 Å². The van der Waals surface area contributed by atoms with Gasteiger partial charge in [0.05, 0.1) is 48.9 Å². The Morgan fingerprint density at radius 2 is 2.12 bits per heavy atom. The van der Waals surface area contributed by atoms with Gasteiger partial charge in [0.2, 0.25) is 0 Å². The summed E-state index contributed by atoms with van der Waals surface area (Å²) in [6.07, 6.45) is 5.24. The second-order valence-corrected chi connectivity index (χ2v) is 7.98. The quantitative estimate of drug-likeness (QED) is 0.550. The van der Waals surface area contributed by atoms with Gasteiger partial charge in [-0.05, 0) is 30.2 Å². The Bertz CT molecular complexity index is 1170. The van der Waals surface area contributed by atoms with Crippen LogP contribution in [-0.4, -0.2) is 33.0 Å². The molecule has 0 saturated carbocycles. The van der Waals surface area contributed by atoms with E-state index in [0.29, 0.717) is 47.8 Å². The molecule has 172 valence electrons. The van der Waals surface area contributed by atoms with Crippen molar-refractivity contribution in [1.29, 1.82) is 0 Å². The minimum atomic E-state index is -0.444. The third kappa shape index (κ3) is 5.04. The number of nitrogens with zero attached hydrogens (tertiary/aromatic N) is 3. The molecule has 33 heavy (non-hydrogen) atoms. The van der Waals surface area contributed by atoms with Crippen LogP contribution in [0.4, 0.5) is 4.39 Å². The lowest BCUT2D eigenvalue weighted by Crippen LogP contribution is -2.30. The maximum absolute atomic E-state index is 13.4. The molecule has 3 heterocycles. The number of carbonyl (C=O) groups excluding carboxylic acids is 2. The third-order valence-corrected chi connectivity index (χ3v) is 5.81. The molecule has 1 atom stereocenters. The average molecular weight is 472 g/mol. The van der Waals surface area contributed by atoms with Crippen molar-refractivity contribution in [3.05, 3.63) is 81.9 Å².